The fourth-order valence-electron chi connectivity index (χ4n) is 3.87. The third-order valence-electron chi connectivity index (χ3n) is 5.84. The van der Waals surface area contributed by atoms with Gasteiger partial charge in [0.1, 0.15) is 5.82 Å². The monoisotopic (exact) mass is 561 g/mol. The molecule has 0 radical (unpaired) electrons. The Morgan fingerprint density at radius 2 is 1.92 bits per heavy atom. The molecular weight excluding hydrogens is 543 g/mol. The Morgan fingerprint density at radius 1 is 1.13 bits per heavy atom. The van der Waals surface area contributed by atoms with E-state index < -0.39 is 23.0 Å². The predicted octanol–water partition coefficient (Wildman–Crippen LogP) is 4.93. The quantitative estimate of drug-likeness (QED) is 0.304. The van der Waals surface area contributed by atoms with Crippen LogP contribution in [0, 0.1) is 17.5 Å². The number of halogens is 4. The molecule has 2 N–H and O–H groups in total. The third-order valence-corrected chi connectivity index (χ3v) is 6.85. The number of anilines is 2. The summed E-state index contributed by atoms with van der Waals surface area (Å²) >= 11 is 6.87. The average Bonchev–Trinajstić information content (AvgIpc) is 2.86. The number of fused-ring (bicyclic) bond motifs is 1. The van der Waals surface area contributed by atoms with E-state index in [2.05, 4.69) is 30.0 Å². The van der Waals surface area contributed by atoms with E-state index in [-0.39, 0.29) is 46.1 Å². The molecule has 1 aliphatic heterocycles. The van der Waals surface area contributed by atoms with Crippen molar-refractivity contribution in [3.63, 3.8) is 0 Å². The van der Waals surface area contributed by atoms with Crippen LogP contribution in [0.5, 0.6) is 5.88 Å². The molecule has 0 unspecified atom stereocenters. The second-order valence-electron chi connectivity index (χ2n) is 8.33. The Kier molecular flexibility index (Phi) is 7.13. The fraction of sp³-hybridized carbons (Fsp3) is 0.208. The van der Waals surface area contributed by atoms with Crippen molar-refractivity contribution >= 4 is 52.1 Å². The SMILES string of the molecule is COc1ncc(Cl)cc1SNc1ncc(F)c(-c2ccc3nc(NC4CN(C(C)=O)C4)ncc3c2F)c1F. The molecule has 1 saturated heterocycles. The number of hydrogen-bond donors (Lipinski definition) is 2. The van der Waals surface area contributed by atoms with E-state index in [1.807, 2.05) is 0 Å². The lowest BCUT2D eigenvalue weighted by Gasteiger charge is -2.38. The van der Waals surface area contributed by atoms with Crippen LogP contribution in [0.25, 0.3) is 22.0 Å². The highest BCUT2D eigenvalue weighted by molar-refractivity contribution is 8.00. The van der Waals surface area contributed by atoms with Gasteiger partial charge in [0.25, 0.3) is 0 Å². The van der Waals surface area contributed by atoms with E-state index in [9.17, 15) is 9.18 Å². The van der Waals surface area contributed by atoms with Gasteiger partial charge in [0.2, 0.25) is 17.7 Å². The zero-order valence-corrected chi connectivity index (χ0v) is 21.5. The van der Waals surface area contributed by atoms with Gasteiger partial charge in [-0.2, -0.15) is 0 Å². The van der Waals surface area contributed by atoms with E-state index in [1.54, 1.807) is 11.0 Å². The van der Waals surface area contributed by atoms with Crippen LogP contribution >= 0.6 is 23.5 Å². The maximum atomic E-state index is 15.5. The molecule has 0 aliphatic carbocycles. The van der Waals surface area contributed by atoms with Crippen LogP contribution < -0.4 is 14.8 Å². The first-order valence-electron chi connectivity index (χ1n) is 11.2. The van der Waals surface area contributed by atoms with E-state index >= 15 is 8.78 Å². The van der Waals surface area contributed by atoms with Gasteiger partial charge < -0.3 is 19.7 Å². The Balaban J connectivity index is 1.41. The third kappa shape index (κ3) is 4.98. The van der Waals surface area contributed by atoms with Crippen molar-refractivity contribution in [2.24, 2.45) is 0 Å². The maximum absolute atomic E-state index is 15.5. The van der Waals surface area contributed by atoms with Gasteiger partial charge in [0.15, 0.2) is 17.5 Å². The summed E-state index contributed by atoms with van der Waals surface area (Å²) in [5.41, 5.74) is -0.666. The molecule has 0 spiro atoms. The molecule has 196 valence electrons. The number of carbonyl (C=O) groups excluding carboxylic acids is 1. The van der Waals surface area contributed by atoms with Crippen LogP contribution in [0.15, 0.2) is 41.7 Å². The zero-order chi connectivity index (χ0) is 27.0. The minimum absolute atomic E-state index is 0.0127. The second kappa shape index (κ2) is 10.5. The molecule has 0 atom stereocenters. The molecule has 1 fully saturated rings. The maximum Gasteiger partial charge on any atom is 0.228 e. The number of ether oxygens (including phenoxy) is 1. The molecule has 9 nitrogen and oxygen atoms in total. The molecule has 0 saturated carbocycles. The number of rotatable bonds is 7. The second-order valence-corrected chi connectivity index (χ2v) is 9.61. The number of nitrogens with zero attached hydrogens (tertiary/aromatic N) is 5. The number of methoxy groups -OCH3 is 1. The summed E-state index contributed by atoms with van der Waals surface area (Å²) in [5, 5.41) is 3.40. The summed E-state index contributed by atoms with van der Waals surface area (Å²) in [6, 6.07) is 4.22. The summed E-state index contributed by atoms with van der Waals surface area (Å²) in [6.45, 7) is 2.52. The lowest BCUT2D eigenvalue weighted by molar-refractivity contribution is -0.132. The van der Waals surface area contributed by atoms with Crippen molar-refractivity contribution in [3.05, 3.63) is 59.3 Å². The number of nitrogens with one attached hydrogen (secondary N) is 2. The lowest BCUT2D eigenvalue weighted by Crippen LogP contribution is -2.56. The van der Waals surface area contributed by atoms with Gasteiger partial charge in [-0.05, 0) is 30.1 Å². The van der Waals surface area contributed by atoms with Gasteiger partial charge in [-0.1, -0.05) is 11.6 Å². The summed E-state index contributed by atoms with van der Waals surface area (Å²) in [5.74, 6) is -2.88. The first kappa shape index (κ1) is 25.8. The molecule has 1 aromatic carbocycles. The predicted molar refractivity (Wildman–Crippen MR) is 138 cm³/mol. The number of carbonyl (C=O) groups is 1. The molecule has 14 heteroatoms. The smallest absolute Gasteiger partial charge is 0.228 e. The van der Waals surface area contributed by atoms with Crippen LogP contribution in [0.2, 0.25) is 5.02 Å². The molecule has 5 rings (SSSR count). The molecular formula is C24H19ClF3N7O2S. The molecule has 3 aromatic heterocycles. The van der Waals surface area contributed by atoms with Crippen molar-refractivity contribution in [2.45, 2.75) is 17.9 Å². The summed E-state index contributed by atoms with van der Waals surface area (Å²) < 4.78 is 53.5. The van der Waals surface area contributed by atoms with E-state index in [1.165, 1.54) is 38.6 Å². The van der Waals surface area contributed by atoms with Crippen LogP contribution in [0.4, 0.5) is 24.9 Å². The topological polar surface area (TPSA) is 105 Å². The summed E-state index contributed by atoms with van der Waals surface area (Å²) in [6.07, 6.45) is 3.43. The minimum Gasteiger partial charge on any atom is -0.480 e. The first-order chi connectivity index (χ1) is 18.2. The first-order valence-corrected chi connectivity index (χ1v) is 12.4. The van der Waals surface area contributed by atoms with Gasteiger partial charge in [0, 0.05) is 38.0 Å². The number of hydrogen-bond acceptors (Lipinski definition) is 9. The lowest BCUT2D eigenvalue weighted by atomic mass is 10.0. The molecule has 0 bridgehead atoms. The van der Waals surface area contributed by atoms with E-state index in [4.69, 9.17) is 16.3 Å². The highest BCUT2D eigenvalue weighted by atomic mass is 35.5. The number of aromatic nitrogens is 4. The Morgan fingerprint density at radius 3 is 2.66 bits per heavy atom. The van der Waals surface area contributed by atoms with Crippen molar-refractivity contribution in [2.75, 3.05) is 30.2 Å². The number of likely N-dealkylation sites (tertiary alicyclic amines) is 1. The zero-order valence-electron chi connectivity index (χ0n) is 19.9. The average molecular weight is 562 g/mol. The highest BCUT2D eigenvalue weighted by Gasteiger charge is 2.29. The normalized spacial score (nSPS) is 13.4. The Hall–Kier alpha value is -3.84. The number of amides is 1. The van der Waals surface area contributed by atoms with E-state index in [0.29, 0.717) is 23.0 Å². The van der Waals surface area contributed by atoms with Gasteiger partial charge in [-0.3, -0.25) is 4.79 Å². The molecule has 38 heavy (non-hydrogen) atoms. The van der Waals surface area contributed by atoms with Crippen LogP contribution in [-0.4, -0.2) is 57.0 Å². The van der Waals surface area contributed by atoms with Crippen molar-refractivity contribution < 1.29 is 22.7 Å². The van der Waals surface area contributed by atoms with Gasteiger partial charge in [0.05, 0.1) is 45.7 Å². The van der Waals surface area contributed by atoms with Crippen LogP contribution in [-0.2, 0) is 4.79 Å². The number of benzene rings is 1. The molecule has 4 aromatic rings. The van der Waals surface area contributed by atoms with Gasteiger partial charge >= 0.3 is 0 Å². The largest absolute Gasteiger partial charge is 0.480 e. The highest BCUT2D eigenvalue weighted by Crippen LogP contribution is 2.36. The van der Waals surface area contributed by atoms with Crippen molar-refractivity contribution in [1.29, 1.82) is 0 Å². The van der Waals surface area contributed by atoms with Crippen LogP contribution in [0.3, 0.4) is 0 Å². The standard InChI is InChI=1S/C24H19ClF3N7O2S/c1-11(36)35-9-13(10-35)32-24-31-7-15-17(33-24)4-3-14(20(15)27)19-16(26)8-29-22(21(19)28)34-38-18-5-12(25)6-30-23(18)37-2/h3-8,13H,9-10H2,1-2H3,(H,29,34)(H,31,32,33). The fourth-order valence-corrected chi connectivity index (χ4v) is 4.85. The van der Waals surface area contributed by atoms with Gasteiger partial charge in [-0.25, -0.2) is 33.1 Å². The van der Waals surface area contributed by atoms with Crippen LogP contribution in [0.1, 0.15) is 6.92 Å². The minimum atomic E-state index is -1.09. The summed E-state index contributed by atoms with van der Waals surface area (Å²) in [4.78, 5) is 29.7. The van der Waals surface area contributed by atoms with Crippen molar-refractivity contribution in [1.82, 2.24) is 24.8 Å². The molecule has 1 aliphatic rings. The Labute approximate surface area is 223 Å². The molecule has 1 amide bonds. The summed E-state index contributed by atoms with van der Waals surface area (Å²) in [7, 11) is 1.41. The Bertz CT molecular complexity index is 1560. The molecule has 4 heterocycles. The van der Waals surface area contributed by atoms with E-state index in [0.717, 1.165) is 18.1 Å². The van der Waals surface area contributed by atoms with Gasteiger partial charge in [-0.15, -0.1) is 0 Å². The van der Waals surface area contributed by atoms with Crippen molar-refractivity contribution in [3.8, 4) is 17.0 Å². The number of pyridine rings is 2.